The van der Waals surface area contributed by atoms with E-state index in [1.54, 1.807) is 7.11 Å². The van der Waals surface area contributed by atoms with Gasteiger partial charge in [0.2, 0.25) is 0 Å². The first-order valence-corrected chi connectivity index (χ1v) is 7.87. The monoisotopic (exact) mass is 274 g/mol. The summed E-state index contributed by atoms with van der Waals surface area (Å²) in [7, 11) is 1.72. The molecule has 3 heteroatoms. The first kappa shape index (κ1) is 13.9. The summed E-state index contributed by atoms with van der Waals surface area (Å²) < 4.78 is 5.44. The van der Waals surface area contributed by atoms with E-state index in [0.717, 1.165) is 29.7 Å². The second-order valence-corrected chi connectivity index (χ2v) is 6.45. The molecule has 1 atom stereocenters. The third kappa shape index (κ3) is 3.74. The van der Waals surface area contributed by atoms with Crippen LogP contribution in [0.5, 0.6) is 5.75 Å². The summed E-state index contributed by atoms with van der Waals surface area (Å²) in [4.78, 5) is 2.59. The fraction of sp³-hybridized carbons (Fsp3) is 0.647. The maximum atomic E-state index is 6.44. The number of ether oxygens (including phenoxy) is 1. The first-order chi connectivity index (χ1) is 9.76. The Balaban J connectivity index is 1.63. The molecule has 2 N–H and O–H groups in total. The average molecular weight is 274 g/mol. The normalized spacial score (nSPS) is 20.1. The van der Waals surface area contributed by atoms with Crippen molar-refractivity contribution < 1.29 is 4.74 Å². The molecule has 0 heterocycles. The molecule has 1 aromatic carbocycles. The lowest BCUT2D eigenvalue weighted by molar-refractivity contribution is 0.236. The van der Waals surface area contributed by atoms with E-state index in [2.05, 4.69) is 11.0 Å². The Labute approximate surface area is 122 Å². The predicted octanol–water partition coefficient (Wildman–Crippen LogP) is 2.82. The van der Waals surface area contributed by atoms with Gasteiger partial charge in [0.05, 0.1) is 7.11 Å². The van der Waals surface area contributed by atoms with E-state index in [0.29, 0.717) is 0 Å². The van der Waals surface area contributed by atoms with Crippen LogP contribution in [0.1, 0.15) is 37.3 Å². The minimum absolute atomic E-state index is 0.0450. The summed E-state index contributed by atoms with van der Waals surface area (Å²) in [6.45, 7) is 3.42. The van der Waals surface area contributed by atoms with Crippen LogP contribution in [-0.2, 0) is 0 Å². The molecule has 1 unspecified atom stereocenters. The van der Waals surface area contributed by atoms with Gasteiger partial charge in [-0.3, -0.25) is 0 Å². The van der Waals surface area contributed by atoms with Crippen LogP contribution in [0.25, 0.3) is 0 Å². The highest BCUT2D eigenvalue weighted by Gasteiger charge is 2.30. The topological polar surface area (TPSA) is 38.5 Å². The van der Waals surface area contributed by atoms with Gasteiger partial charge in [0, 0.05) is 31.2 Å². The predicted molar refractivity (Wildman–Crippen MR) is 81.8 cm³/mol. The SMILES string of the molecule is COc1ccccc1C(N)CN(CC1CC1)CC1CC1. The number of benzene rings is 1. The molecule has 0 saturated heterocycles. The number of methoxy groups -OCH3 is 1. The standard InChI is InChI=1S/C17H26N2O/c1-20-17-5-3-2-4-15(17)16(18)12-19(10-13-6-7-13)11-14-8-9-14/h2-5,13-14,16H,6-12,18H2,1H3. The summed E-state index contributed by atoms with van der Waals surface area (Å²) in [5.74, 6) is 2.77. The van der Waals surface area contributed by atoms with Gasteiger partial charge in [-0.2, -0.15) is 0 Å². The highest BCUT2D eigenvalue weighted by molar-refractivity contribution is 5.35. The molecule has 0 amide bonds. The van der Waals surface area contributed by atoms with Crippen LogP contribution in [0.3, 0.4) is 0 Å². The van der Waals surface area contributed by atoms with Crippen molar-refractivity contribution in [3.63, 3.8) is 0 Å². The van der Waals surface area contributed by atoms with E-state index in [1.165, 1.54) is 38.8 Å². The number of nitrogens with two attached hydrogens (primary N) is 1. The maximum absolute atomic E-state index is 6.44. The Morgan fingerprint density at radius 2 is 1.75 bits per heavy atom. The molecule has 2 aliphatic rings. The maximum Gasteiger partial charge on any atom is 0.123 e. The molecule has 0 bridgehead atoms. The number of para-hydroxylation sites is 1. The van der Waals surface area contributed by atoms with E-state index in [1.807, 2.05) is 18.2 Å². The summed E-state index contributed by atoms with van der Waals surface area (Å²) in [5.41, 5.74) is 7.57. The van der Waals surface area contributed by atoms with Gasteiger partial charge >= 0.3 is 0 Å². The van der Waals surface area contributed by atoms with Gasteiger partial charge in [0.25, 0.3) is 0 Å². The van der Waals surface area contributed by atoms with Crippen molar-refractivity contribution in [2.24, 2.45) is 17.6 Å². The average Bonchev–Trinajstić information content (AvgIpc) is 3.35. The van der Waals surface area contributed by atoms with Crippen molar-refractivity contribution in [3.8, 4) is 5.75 Å². The Morgan fingerprint density at radius 3 is 2.30 bits per heavy atom. The molecule has 110 valence electrons. The molecule has 0 radical (unpaired) electrons. The molecule has 2 saturated carbocycles. The lowest BCUT2D eigenvalue weighted by Crippen LogP contribution is -2.35. The molecule has 0 aliphatic heterocycles. The molecule has 0 aromatic heterocycles. The minimum atomic E-state index is 0.0450. The summed E-state index contributed by atoms with van der Waals surface area (Å²) >= 11 is 0. The van der Waals surface area contributed by atoms with Gasteiger partial charge in [-0.15, -0.1) is 0 Å². The Kier molecular flexibility index (Phi) is 4.27. The van der Waals surface area contributed by atoms with Crippen LogP contribution >= 0.6 is 0 Å². The Bertz CT molecular complexity index is 426. The van der Waals surface area contributed by atoms with Gasteiger partial charge in [-0.1, -0.05) is 18.2 Å². The van der Waals surface area contributed by atoms with E-state index >= 15 is 0 Å². The van der Waals surface area contributed by atoms with E-state index in [4.69, 9.17) is 10.5 Å². The third-order valence-corrected chi connectivity index (χ3v) is 4.42. The van der Waals surface area contributed by atoms with Crippen molar-refractivity contribution in [1.29, 1.82) is 0 Å². The highest BCUT2D eigenvalue weighted by atomic mass is 16.5. The number of hydrogen-bond acceptors (Lipinski definition) is 3. The fourth-order valence-electron chi connectivity index (χ4n) is 2.90. The molecular formula is C17H26N2O. The number of hydrogen-bond donors (Lipinski definition) is 1. The lowest BCUT2D eigenvalue weighted by Gasteiger charge is -2.26. The number of rotatable bonds is 8. The molecule has 20 heavy (non-hydrogen) atoms. The molecular weight excluding hydrogens is 248 g/mol. The van der Waals surface area contributed by atoms with Crippen molar-refractivity contribution in [2.45, 2.75) is 31.7 Å². The summed E-state index contributed by atoms with van der Waals surface area (Å²) in [6, 6.07) is 8.19. The van der Waals surface area contributed by atoms with Crippen LogP contribution in [0, 0.1) is 11.8 Å². The zero-order valence-corrected chi connectivity index (χ0v) is 12.4. The van der Waals surface area contributed by atoms with Gasteiger partial charge in [-0.25, -0.2) is 0 Å². The zero-order valence-electron chi connectivity index (χ0n) is 12.4. The summed E-state index contributed by atoms with van der Waals surface area (Å²) in [6.07, 6.45) is 5.63. The highest BCUT2D eigenvalue weighted by Crippen LogP contribution is 2.34. The molecule has 0 spiro atoms. The summed E-state index contributed by atoms with van der Waals surface area (Å²) in [5, 5.41) is 0. The van der Waals surface area contributed by atoms with Crippen molar-refractivity contribution in [1.82, 2.24) is 4.90 Å². The smallest absolute Gasteiger partial charge is 0.123 e. The van der Waals surface area contributed by atoms with E-state index in [-0.39, 0.29) is 6.04 Å². The van der Waals surface area contributed by atoms with Crippen LogP contribution in [-0.4, -0.2) is 31.6 Å². The van der Waals surface area contributed by atoms with Gasteiger partial charge in [0.1, 0.15) is 5.75 Å². The third-order valence-electron chi connectivity index (χ3n) is 4.42. The van der Waals surface area contributed by atoms with Crippen molar-refractivity contribution in [2.75, 3.05) is 26.7 Å². The molecule has 3 nitrogen and oxygen atoms in total. The van der Waals surface area contributed by atoms with Crippen LogP contribution in [0.15, 0.2) is 24.3 Å². The quantitative estimate of drug-likeness (QED) is 0.792. The molecule has 2 fully saturated rings. The first-order valence-electron chi connectivity index (χ1n) is 7.87. The largest absolute Gasteiger partial charge is 0.496 e. The zero-order chi connectivity index (χ0) is 13.9. The molecule has 1 aromatic rings. The minimum Gasteiger partial charge on any atom is -0.496 e. The van der Waals surface area contributed by atoms with E-state index < -0.39 is 0 Å². The van der Waals surface area contributed by atoms with Crippen molar-refractivity contribution >= 4 is 0 Å². The van der Waals surface area contributed by atoms with Crippen LogP contribution in [0.4, 0.5) is 0 Å². The molecule has 2 aliphatic carbocycles. The van der Waals surface area contributed by atoms with Crippen LogP contribution < -0.4 is 10.5 Å². The van der Waals surface area contributed by atoms with E-state index in [9.17, 15) is 0 Å². The fourth-order valence-corrected chi connectivity index (χ4v) is 2.90. The van der Waals surface area contributed by atoms with Crippen LogP contribution in [0.2, 0.25) is 0 Å². The van der Waals surface area contributed by atoms with Gasteiger partial charge in [-0.05, 0) is 43.6 Å². The van der Waals surface area contributed by atoms with Gasteiger partial charge in [0.15, 0.2) is 0 Å². The second-order valence-electron chi connectivity index (χ2n) is 6.45. The number of nitrogens with zero attached hydrogens (tertiary/aromatic N) is 1. The Hall–Kier alpha value is -1.06. The Morgan fingerprint density at radius 1 is 1.15 bits per heavy atom. The second kappa shape index (κ2) is 6.15. The van der Waals surface area contributed by atoms with Gasteiger partial charge < -0.3 is 15.4 Å². The molecule has 3 rings (SSSR count). The lowest BCUT2D eigenvalue weighted by atomic mass is 10.1. The van der Waals surface area contributed by atoms with Crippen molar-refractivity contribution in [3.05, 3.63) is 29.8 Å².